The smallest absolute Gasteiger partial charge is 0.0379 e. The van der Waals surface area contributed by atoms with Crippen LogP contribution in [0, 0.1) is 0 Å². The number of rotatable bonds is 0. The van der Waals surface area contributed by atoms with Crippen LogP contribution in [0.3, 0.4) is 0 Å². The van der Waals surface area contributed by atoms with Crippen molar-refractivity contribution in [2.45, 2.75) is 24.3 Å². The number of hydrogen-bond acceptors (Lipinski definition) is 2. The molecule has 1 aliphatic heterocycles. The van der Waals surface area contributed by atoms with E-state index in [1.54, 1.807) is 0 Å². The Hall–Kier alpha value is -1.02. The van der Waals surface area contributed by atoms with Crippen molar-refractivity contribution in [1.82, 2.24) is 0 Å². The van der Waals surface area contributed by atoms with Gasteiger partial charge in [0.1, 0.15) is 0 Å². The van der Waals surface area contributed by atoms with Crippen LogP contribution < -0.4 is 11.1 Å². The van der Waals surface area contributed by atoms with Gasteiger partial charge in [-0.1, -0.05) is 18.2 Å². The van der Waals surface area contributed by atoms with Crippen molar-refractivity contribution in [2.24, 2.45) is 5.73 Å². The summed E-state index contributed by atoms with van der Waals surface area (Å²) in [5.41, 5.74) is 9.04. The van der Waals surface area contributed by atoms with Crippen molar-refractivity contribution in [3.8, 4) is 0 Å². The van der Waals surface area contributed by atoms with E-state index in [2.05, 4.69) is 29.6 Å². The number of fused-ring (bicyclic) bond motifs is 2. The van der Waals surface area contributed by atoms with E-state index in [1.807, 2.05) is 0 Å². The van der Waals surface area contributed by atoms with E-state index in [4.69, 9.17) is 5.73 Å². The van der Waals surface area contributed by atoms with Crippen molar-refractivity contribution < 1.29 is 0 Å². The molecule has 3 rings (SSSR count). The first-order valence-corrected chi connectivity index (χ1v) is 4.89. The molecule has 0 unspecified atom stereocenters. The number of nitrogens with one attached hydrogen (secondary N) is 1. The molecule has 1 saturated carbocycles. The van der Waals surface area contributed by atoms with E-state index in [0.29, 0.717) is 11.5 Å². The first-order chi connectivity index (χ1) is 6.30. The van der Waals surface area contributed by atoms with Gasteiger partial charge in [-0.15, -0.1) is 0 Å². The quantitative estimate of drug-likeness (QED) is 0.625. The lowest BCUT2D eigenvalue weighted by atomic mass is 9.63. The average Bonchev–Trinajstić information content (AvgIpc) is 2.45. The van der Waals surface area contributed by atoms with Gasteiger partial charge in [-0.05, 0) is 24.5 Å². The molecule has 3 N–H and O–H groups in total. The molecule has 0 aromatic heterocycles. The van der Waals surface area contributed by atoms with Gasteiger partial charge in [0.25, 0.3) is 0 Å². The Balaban J connectivity index is 2.04. The Morgan fingerprint density at radius 2 is 2.08 bits per heavy atom. The molecule has 2 aliphatic rings. The fraction of sp³-hybridized carbons (Fsp3) is 0.455. The highest BCUT2D eigenvalue weighted by Crippen LogP contribution is 2.49. The molecule has 0 bridgehead atoms. The summed E-state index contributed by atoms with van der Waals surface area (Å²) < 4.78 is 0. The Kier molecular flexibility index (Phi) is 1.29. The highest BCUT2D eigenvalue weighted by molar-refractivity contribution is 5.61. The molecule has 0 atom stereocenters. The van der Waals surface area contributed by atoms with Crippen molar-refractivity contribution in [3.05, 3.63) is 29.8 Å². The van der Waals surface area contributed by atoms with Crippen LogP contribution in [-0.4, -0.2) is 12.6 Å². The maximum atomic E-state index is 5.86. The third-order valence-electron chi connectivity index (χ3n) is 3.42. The van der Waals surface area contributed by atoms with Crippen LogP contribution >= 0.6 is 0 Å². The van der Waals surface area contributed by atoms with E-state index in [-0.39, 0.29) is 0 Å². The molecule has 1 spiro atoms. The minimum Gasteiger partial charge on any atom is -0.384 e. The first kappa shape index (κ1) is 7.39. The van der Waals surface area contributed by atoms with Crippen LogP contribution in [0.25, 0.3) is 0 Å². The van der Waals surface area contributed by atoms with E-state index < -0.39 is 0 Å². The molecule has 0 amide bonds. The minimum absolute atomic E-state index is 0.385. The molecule has 1 aliphatic carbocycles. The lowest BCUT2D eigenvalue weighted by Gasteiger charge is -2.43. The van der Waals surface area contributed by atoms with Gasteiger partial charge < -0.3 is 11.1 Å². The zero-order chi connectivity index (χ0) is 8.89. The third kappa shape index (κ3) is 0.866. The molecule has 2 heteroatoms. The van der Waals surface area contributed by atoms with Crippen molar-refractivity contribution in [2.75, 3.05) is 11.9 Å². The second-order valence-corrected chi connectivity index (χ2v) is 4.35. The predicted molar refractivity (Wildman–Crippen MR) is 53.8 cm³/mol. The summed E-state index contributed by atoms with van der Waals surface area (Å²) in [6.45, 7) is 1.08. The summed E-state index contributed by atoms with van der Waals surface area (Å²) in [6, 6.07) is 9.03. The molecule has 1 fully saturated rings. The maximum absolute atomic E-state index is 5.86. The number of para-hydroxylation sites is 1. The monoisotopic (exact) mass is 174 g/mol. The lowest BCUT2D eigenvalue weighted by molar-refractivity contribution is 0.227. The van der Waals surface area contributed by atoms with Crippen molar-refractivity contribution in [3.63, 3.8) is 0 Å². The SMILES string of the molecule is NC1CC2(CNc3ccccc32)C1. The molecule has 0 saturated heterocycles. The molecule has 68 valence electrons. The van der Waals surface area contributed by atoms with Gasteiger partial charge in [0.15, 0.2) is 0 Å². The van der Waals surface area contributed by atoms with Crippen LogP contribution in [-0.2, 0) is 5.41 Å². The Morgan fingerprint density at radius 1 is 1.31 bits per heavy atom. The summed E-state index contributed by atoms with van der Waals surface area (Å²) >= 11 is 0. The van der Waals surface area contributed by atoms with Crippen LogP contribution in [0.5, 0.6) is 0 Å². The van der Waals surface area contributed by atoms with E-state index >= 15 is 0 Å². The fourth-order valence-electron chi connectivity index (χ4n) is 2.77. The van der Waals surface area contributed by atoms with Gasteiger partial charge in [-0.2, -0.15) is 0 Å². The van der Waals surface area contributed by atoms with Gasteiger partial charge >= 0.3 is 0 Å². The van der Waals surface area contributed by atoms with E-state index in [0.717, 1.165) is 19.4 Å². The van der Waals surface area contributed by atoms with Gasteiger partial charge in [-0.3, -0.25) is 0 Å². The van der Waals surface area contributed by atoms with E-state index in [9.17, 15) is 0 Å². The van der Waals surface area contributed by atoms with Gasteiger partial charge in [0.05, 0.1) is 0 Å². The molecule has 0 radical (unpaired) electrons. The number of hydrogen-bond donors (Lipinski definition) is 2. The number of benzene rings is 1. The largest absolute Gasteiger partial charge is 0.384 e. The second kappa shape index (κ2) is 2.26. The minimum atomic E-state index is 0.385. The fourth-order valence-corrected chi connectivity index (χ4v) is 2.77. The molecular formula is C11H14N2. The average molecular weight is 174 g/mol. The highest BCUT2D eigenvalue weighted by atomic mass is 15.0. The topological polar surface area (TPSA) is 38.0 Å². The normalized spacial score (nSPS) is 35.3. The molecule has 2 nitrogen and oxygen atoms in total. The summed E-state index contributed by atoms with van der Waals surface area (Å²) in [5, 5.41) is 3.46. The Labute approximate surface area is 78.1 Å². The van der Waals surface area contributed by atoms with Crippen molar-refractivity contribution >= 4 is 5.69 Å². The Bertz CT molecular complexity index is 334. The van der Waals surface area contributed by atoms with Crippen LogP contribution in [0.2, 0.25) is 0 Å². The molecule has 1 aromatic carbocycles. The lowest BCUT2D eigenvalue weighted by Crippen LogP contribution is -2.50. The van der Waals surface area contributed by atoms with Gasteiger partial charge in [0, 0.05) is 23.7 Å². The highest BCUT2D eigenvalue weighted by Gasteiger charge is 2.47. The zero-order valence-corrected chi connectivity index (χ0v) is 7.59. The van der Waals surface area contributed by atoms with Gasteiger partial charge in [-0.25, -0.2) is 0 Å². The summed E-state index contributed by atoms with van der Waals surface area (Å²) in [5.74, 6) is 0. The third-order valence-corrected chi connectivity index (χ3v) is 3.42. The molecule has 1 aromatic rings. The summed E-state index contributed by atoms with van der Waals surface area (Å²) in [6.07, 6.45) is 2.30. The number of nitrogens with two attached hydrogens (primary N) is 1. The standard InChI is InChI=1S/C11H14N2/c12-8-5-11(6-8)7-13-10-4-2-1-3-9(10)11/h1-4,8,13H,5-7,12H2. The number of anilines is 1. The maximum Gasteiger partial charge on any atom is 0.0379 e. The Morgan fingerprint density at radius 3 is 2.85 bits per heavy atom. The van der Waals surface area contributed by atoms with Crippen LogP contribution in [0.15, 0.2) is 24.3 Å². The van der Waals surface area contributed by atoms with Crippen molar-refractivity contribution in [1.29, 1.82) is 0 Å². The summed E-state index contributed by atoms with van der Waals surface area (Å²) in [4.78, 5) is 0. The molecular weight excluding hydrogens is 160 g/mol. The molecule has 1 heterocycles. The predicted octanol–water partition coefficient (Wildman–Crippen LogP) is 1.47. The summed E-state index contributed by atoms with van der Waals surface area (Å²) in [7, 11) is 0. The zero-order valence-electron chi connectivity index (χ0n) is 7.59. The second-order valence-electron chi connectivity index (χ2n) is 4.35. The van der Waals surface area contributed by atoms with Crippen LogP contribution in [0.1, 0.15) is 18.4 Å². The van der Waals surface area contributed by atoms with E-state index in [1.165, 1.54) is 11.3 Å². The first-order valence-electron chi connectivity index (χ1n) is 4.89. The molecule has 13 heavy (non-hydrogen) atoms. The van der Waals surface area contributed by atoms with Crippen LogP contribution in [0.4, 0.5) is 5.69 Å². The van der Waals surface area contributed by atoms with Gasteiger partial charge in [0.2, 0.25) is 0 Å².